The van der Waals surface area contributed by atoms with Crippen LogP contribution in [-0.2, 0) is 13.1 Å². The monoisotopic (exact) mass is 267 g/mol. The Morgan fingerprint density at radius 1 is 1.32 bits per heavy atom. The number of aryl methyl sites for hydroxylation is 1. The zero-order valence-electron chi connectivity index (χ0n) is 10.5. The molecule has 1 aromatic carbocycles. The topological polar surface area (TPSA) is 39.1 Å². The number of ether oxygens (including phenoxy) is 1. The van der Waals surface area contributed by atoms with Gasteiger partial charge in [0.2, 0.25) is 0 Å². The average molecular weight is 267 g/mol. The number of hydrogen-bond donors (Lipinski definition) is 1. The molecule has 0 amide bonds. The van der Waals surface area contributed by atoms with E-state index in [1.54, 1.807) is 24.7 Å². The van der Waals surface area contributed by atoms with Crippen molar-refractivity contribution in [1.82, 2.24) is 9.55 Å². The molecule has 0 bridgehead atoms. The number of benzene rings is 1. The molecule has 0 unspecified atom stereocenters. The Bertz CT molecular complexity index is 511. The van der Waals surface area contributed by atoms with E-state index in [1.165, 1.54) is 12.1 Å². The summed E-state index contributed by atoms with van der Waals surface area (Å²) in [6.45, 7) is 0.737. The van der Waals surface area contributed by atoms with Gasteiger partial charge >= 0.3 is 6.61 Å². The fourth-order valence-corrected chi connectivity index (χ4v) is 1.73. The van der Waals surface area contributed by atoms with Crippen molar-refractivity contribution in [2.24, 2.45) is 0 Å². The molecule has 0 saturated heterocycles. The maximum atomic E-state index is 12.0. The average Bonchev–Trinajstić information content (AvgIpc) is 2.84. The molecule has 1 N–H and O–H groups in total. The normalized spacial score (nSPS) is 10.7. The zero-order chi connectivity index (χ0) is 13.7. The largest absolute Gasteiger partial charge is 0.435 e. The van der Waals surface area contributed by atoms with Gasteiger partial charge in [0.1, 0.15) is 5.75 Å². The van der Waals surface area contributed by atoms with Crippen LogP contribution >= 0.6 is 0 Å². The van der Waals surface area contributed by atoms with E-state index in [2.05, 4.69) is 15.0 Å². The van der Waals surface area contributed by atoms with Crippen molar-refractivity contribution in [2.75, 3.05) is 5.32 Å². The van der Waals surface area contributed by atoms with Crippen molar-refractivity contribution in [3.63, 3.8) is 0 Å². The van der Waals surface area contributed by atoms with E-state index in [-0.39, 0.29) is 5.75 Å². The van der Waals surface area contributed by atoms with Crippen molar-refractivity contribution in [2.45, 2.75) is 26.6 Å². The number of alkyl halides is 2. The first-order valence-electron chi connectivity index (χ1n) is 5.96. The summed E-state index contributed by atoms with van der Waals surface area (Å²) >= 11 is 0. The van der Waals surface area contributed by atoms with E-state index in [4.69, 9.17) is 0 Å². The molecule has 0 atom stereocenters. The lowest BCUT2D eigenvalue weighted by Crippen LogP contribution is -2.06. The molecule has 1 aromatic heterocycles. The van der Waals surface area contributed by atoms with Gasteiger partial charge in [-0.05, 0) is 31.2 Å². The lowest BCUT2D eigenvalue weighted by atomic mass is 10.3. The number of anilines is 1. The first kappa shape index (κ1) is 13.3. The second-order valence-electron chi connectivity index (χ2n) is 3.93. The molecule has 1 heterocycles. The van der Waals surface area contributed by atoms with Crippen LogP contribution in [0.1, 0.15) is 12.6 Å². The molecule has 2 rings (SSSR count). The molecule has 0 aliphatic carbocycles. The van der Waals surface area contributed by atoms with Crippen LogP contribution in [0.4, 0.5) is 14.5 Å². The summed E-state index contributed by atoms with van der Waals surface area (Å²) in [5.41, 5.74) is 1.90. The van der Waals surface area contributed by atoms with E-state index in [1.807, 2.05) is 11.5 Å². The lowest BCUT2D eigenvalue weighted by Gasteiger charge is -2.09. The number of aromatic nitrogens is 2. The Kier molecular flexibility index (Phi) is 4.33. The molecule has 0 radical (unpaired) electrons. The maximum Gasteiger partial charge on any atom is 0.387 e. The van der Waals surface area contributed by atoms with E-state index in [9.17, 15) is 8.78 Å². The van der Waals surface area contributed by atoms with Gasteiger partial charge < -0.3 is 14.6 Å². The lowest BCUT2D eigenvalue weighted by molar-refractivity contribution is -0.0498. The number of nitrogens with zero attached hydrogens (tertiary/aromatic N) is 2. The first-order valence-corrected chi connectivity index (χ1v) is 5.96. The summed E-state index contributed by atoms with van der Waals surface area (Å²) in [7, 11) is 0. The minimum atomic E-state index is -2.79. The highest BCUT2D eigenvalue weighted by Crippen LogP contribution is 2.18. The Morgan fingerprint density at radius 2 is 2.05 bits per heavy atom. The van der Waals surface area contributed by atoms with Crippen LogP contribution in [0.5, 0.6) is 5.75 Å². The van der Waals surface area contributed by atoms with Gasteiger partial charge in [-0.2, -0.15) is 8.78 Å². The van der Waals surface area contributed by atoms with Crippen LogP contribution in [0.15, 0.2) is 36.8 Å². The van der Waals surface area contributed by atoms with Crippen LogP contribution in [0.2, 0.25) is 0 Å². The van der Waals surface area contributed by atoms with Gasteiger partial charge in [-0.1, -0.05) is 0 Å². The Hall–Kier alpha value is -2.11. The number of hydrogen-bond acceptors (Lipinski definition) is 3. The maximum absolute atomic E-state index is 12.0. The molecule has 0 saturated carbocycles. The molecular weight excluding hydrogens is 252 g/mol. The predicted molar refractivity (Wildman–Crippen MR) is 68.3 cm³/mol. The molecule has 6 heteroatoms. The number of rotatable bonds is 6. The van der Waals surface area contributed by atoms with E-state index in [0.717, 1.165) is 17.9 Å². The second kappa shape index (κ2) is 6.17. The van der Waals surface area contributed by atoms with Gasteiger partial charge in [0, 0.05) is 18.4 Å². The summed E-state index contributed by atoms with van der Waals surface area (Å²) in [5.74, 6) is 0.152. The van der Waals surface area contributed by atoms with Crippen molar-refractivity contribution < 1.29 is 13.5 Å². The van der Waals surface area contributed by atoms with Gasteiger partial charge in [0.05, 0.1) is 18.6 Å². The van der Waals surface area contributed by atoms with Crippen LogP contribution in [0.3, 0.4) is 0 Å². The van der Waals surface area contributed by atoms with Gasteiger partial charge in [-0.3, -0.25) is 0 Å². The van der Waals surface area contributed by atoms with Crippen LogP contribution in [0.25, 0.3) is 0 Å². The summed E-state index contributed by atoms with van der Waals surface area (Å²) in [4.78, 5) is 4.07. The van der Waals surface area contributed by atoms with Crippen molar-refractivity contribution in [1.29, 1.82) is 0 Å². The molecule has 0 fully saturated rings. The number of halogens is 2. The molecule has 0 aliphatic heterocycles. The summed E-state index contributed by atoms with van der Waals surface area (Å²) in [5, 5.41) is 3.20. The minimum Gasteiger partial charge on any atom is -0.435 e. The summed E-state index contributed by atoms with van der Waals surface area (Å²) < 4.78 is 30.3. The fourth-order valence-electron chi connectivity index (χ4n) is 1.73. The van der Waals surface area contributed by atoms with Gasteiger partial charge in [-0.25, -0.2) is 4.98 Å². The molecule has 0 aliphatic rings. The third-order valence-corrected chi connectivity index (χ3v) is 2.69. The van der Waals surface area contributed by atoms with Crippen LogP contribution in [-0.4, -0.2) is 16.2 Å². The second-order valence-corrected chi connectivity index (χ2v) is 3.93. The van der Waals surface area contributed by atoms with E-state index < -0.39 is 6.61 Å². The highest BCUT2D eigenvalue weighted by molar-refractivity contribution is 5.46. The third-order valence-electron chi connectivity index (χ3n) is 2.69. The highest BCUT2D eigenvalue weighted by atomic mass is 19.3. The van der Waals surface area contributed by atoms with Crippen LogP contribution in [0, 0.1) is 0 Å². The van der Waals surface area contributed by atoms with Crippen LogP contribution < -0.4 is 10.1 Å². The zero-order valence-corrected chi connectivity index (χ0v) is 10.5. The third kappa shape index (κ3) is 3.67. The molecular formula is C13H15F2N3O. The molecule has 4 nitrogen and oxygen atoms in total. The number of nitrogens with one attached hydrogen (secondary N) is 1. The summed E-state index contributed by atoms with van der Waals surface area (Å²) in [6, 6.07) is 6.41. The van der Waals surface area contributed by atoms with E-state index in [0.29, 0.717) is 6.54 Å². The first-order chi connectivity index (χ1) is 9.19. The standard InChI is InChI=1S/C13H15F2N3O/c1-2-18-9-16-7-11(18)8-17-10-3-5-12(6-4-10)19-13(14)15/h3-7,9,13,17H,2,8H2,1H3. The summed E-state index contributed by atoms with van der Waals surface area (Å²) in [6.07, 6.45) is 3.57. The quantitative estimate of drug-likeness (QED) is 0.874. The predicted octanol–water partition coefficient (Wildman–Crippen LogP) is 3.12. The molecule has 19 heavy (non-hydrogen) atoms. The van der Waals surface area contributed by atoms with Gasteiger partial charge in [0.15, 0.2) is 0 Å². The molecule has 2 aromatic rings. The fraction of sp³-hybridized carbons (Fsp3) is 0.308. The van der Waals surface area contributed by atoms with Gasteiger partial charge in [-0.15, -0.1) is 0 Å². The van der Waals surface area contributed by atoms with Crippen molar-refractivity contribution in [3.8, 4) is 5.75 Å². The molecule has 102 valence electrons. The minimum absolute atomic E-state index is 0.152. The number of imidazole rings is 1. The Labute approximate surface area is 110 Å². The SMILES string of the molecule is CCn1cncc1CNc1ccc(OC(F)F)cc1. The van der Waals surface area contributed by atoms with Crippen molar-refractivity contribution >= 4 is 5.69 Å². The van der Waals surface area contributed by atoms with E-state index >= 15 is 0 Å². The van der Waals surface area contributed by atoms with Gasteiger partial charge in [0.25, 0.3) is 0 Å². The Balaban J connectivity index is 1.93. The molecule has 0 spiro atoms. The van der Waals surface area contributed by atoms with Crippen molar-refractivity contribution in [3.05, 3.63) is 42.5 Å². The smallest absolute Gasteiger partial charge is 0.387 e. The Morgan fingerprint density at radius 3 is 2.68 bits per heavy atom. The highest BCUT2D eigenvalue weighted by Gasteiger charge is 2.04.